The number of rotatable bonds is 5. The topological polar surface area (TPSA) is 105 Å². The zero-order valence-electron chi connectivity index (χ0n) is 15.0. The van der Waals surface area contributed by atoms with E-state index in [4.69, 9.17) is 4.52 Å². The molecule has 1 atom stereocenters. The number of nitrogens with zero attached hydrogens (tertiary/aromatic N) is 6. The fraction of sp³-hybridized carbons (Fsp3) is 0.471. The maximum atomic E-state index is 12.1. The first-order valence-corrected chi connectivity index (χ1v) is 9.31. The minimum atomic E-state index is -0.367. The van der Waals surface area contributed by atoms with Crippen LogP contribution in [0.1, 0.15) is 30.2 Å². The number of aliphatic imine (C=N–C) groups is 1. The lowest BCUT2D eigenvalue weighted by Crippen LogP contribution is -2.53. The van der Waals surface area contributed by atoms with E-state index in [1.165, 1.54) is 22.7 Å². The summed E-state index contributed by atoms with van der Waals surface area (Å²) in [7, 11) is 3.58. The van der Waals surface area contributed by atoms with Crippen LogP contribution in [0.5, 0.6) is 0 Å². The Morgan fingerprint density at radius 1 is 1.58 bits per heavy atom. The predicted molar refractivity (Wildman–Crippen MR) is 94.7 cm³/mol. The average molecular weight is 372 g/mol. The number of aromatic nitrogens is 3. The molecule has 0 bridgehead atoms. The maximum Gasteiger partial charge on any atom is 0.324 e. The van der Waals surface area contributed by atoms with E-state index in [0.717, 1.165) is 30.5 Å². The Morgan fingerprint density at radius 3 is 3.08 bits per heavy atom. The number of hydrogen-bond donors (Lipinski definition) is 0. The van der Waals surface area contributed by atoms with Gasteiger partial charge in [0.2, 0.25) is 5.27 Å². The van der Waals surface area contributed by atoms with E-state index < -0.39 is 0 Å². The summed E-state index contributed by atoms with van der Waals surface area (Å²) in [5, 5.41) is 27.5. The van der Waals surface area contributed by atoms with E-state index in [9.17, 15) is 10.4 Å². The van der Waals surface area contributed by atoms with Gasteiger partial charge in [-0.15, -0.1) is 0 Å². The highest BCUT2D eigenvalue weighted by molar-refractivity contribution is 7.99. The van der Waals surface area contributed by atoms with Gasteiger partial charge in [-0.3, -0.25) is 4.52 Å². The van der Waals surface area contributed by atoms with Gasteiger partial charge in [-0.05, 0) is 42.7 Å². The lowest BCUT2D eigenvalue weighted by atomic mass is 9.87. The van der Waals surface area contributed by atoms with Crippen LogP contribution in [0.2, 0.25) is 0 Å². The van der Waals surface area contributed by atoms with Crippen LogP contribution in [-0.2, 0) is 12.8 Å². The van der Waals surface area contributed by atoms with Crippen LogP contribution in [0.15, 0.2) is 26.8 Å². The van der Waals surface area contributed by atoms with Gasteiger partial charge in [-0.1, -0.05) is 18.7 Å². The lowest BCUT2D eigenvalue weighted by Gasteiger charge is -2.21. The summed E-state index contributed by atoms with van der Waals surface area (Å²) in [6, 6.07) is 4.10. The van der Waals surface area contributed by atoms with Crippen LogP contribution in [-0.4, -0.2) is 36.0 Å². The van der Waals surface area contributed by atoms with E-state index in [0.29, 0.717) is 16.5 Å². The third-order valence-electron chi connectivity index (χ3n) is 4.14. The molecule has 1 aliphatic rings. The van der Waals surface area contributed by atoms with Crippen molar-refractivity contribution in [3.05, 3.63) is 29.1 Å². The minimum absolute atomic E-state index is 0.0829. The van der Waals surface area contributed by atoms with E-state index in [1.54, 1.807) is 19.1 Å². The molecule has 0 amide bonds. The SMILES string of the molecule is CC1CCc2nc(SC/C([O-])=N\c3c[n+](N(C)C)no3)c(C#N)cc2C1. The van der Waals surface area contributed by atoms with Gasteiger partial charge in [0.1, 0.15) is 11.1 Å². The van der Waals surface area contributed by atoms with Gasteiger partial charge in [0.25, 0.3) is 6.20 Å². The van der Waals surface area contributed by atoms with Crippen LogP contribution in [0.25, 0.3) is 0 Å². The Labute approximate surface area is 156 Å². The number of aryl methyl sites for hydroxylation is 1. The number of fused-ring (bicyclic) bond motifs is 1. The minimum Gasteiger partial charge on any atom is -0.861 e. The first-order chi connectivity index (χ1) is 12.5. The highest BCUT2D eigenvalue weighted by Gasteiger charge is 2.19. The summed E-state index contributed by atoms with van der Waals surface area (Å²) in [4.78, 5) is 9.94. The smallest absolute Gasteiger partial charge is 0.324 e. The van der Waals surface area contributed by atoms with Crippen LogP contribution in [0.4, 0.5) is 5.88 Å². The van der Waals surface area contributed by atoms with E-state index in [2.05, 4.69) is 28.2 Å². The maximum absolute atomic E-state index is 12.1. The number of nitriles is 1. The van der Waals surface area contributed by atoms with E-state index in [-0.39, 0.29) is 17.5 Å². The van der Waals surface area contributed by atoms with Crippen molar-refractivity contribution in [1.82, 2.24) is 10.3 Å². The number of thioether (sulfide) groups is 1. The van der Waals surface area contributed by atoms with Gasteiger partial charge in [0.15, 0.2) is 0 Å². The molecule has 9 heteroatoms. The standard InChI is InChI=1S/C17H20N6O2S/c1-11-4-5-14-12(6-11)7-13(8-18)17(19-14)26-10-15(24)20-16-9-23(21-25-16)22(2)3/h7,9,11H,4-6,10H2,1-3H3. The molecule has 2 heterocycles. The Hall–Kier alpha value is -2.60. The van der Waals surface area contributed by atoms with Crippen LogP contribution in [0, 0.1) is 17.2 Å². The summed E-state index contributed by atoms with van der Waals surface area (Å²) in [5.41, 5.74) is 2.70. The van der Waals surface area contributed by atoms with E-state index in [1.807, 2.05) is 6.07 Å². The third-order valence-corrected chi connectivity index (χ3v) is 5.12. The average Bonchev–Trinajstić information content (AvgIpc) is 3.07. The second-order valence-corrected chi connectivity index (χ2v) is 7.47. The Balaban J connectivity index is 1.72. The molecule has 0 radical (unpaired) electrons. The zero-order chi connectivity index (χ0) is 18.7. The molecule has 0 N–H and O–H groups in total. The second-order valence-electron chi connectivity index (χ2n) is 6.51. The summed E-state index contributed by atoms with van der Waals surface area (Å²) >= 11 is 1.23. The molecule has 136 valence electrons. The monoisotopic (exact) mass is 372 g/mol. The molecule has 0 fully saturated rings. The zero-order valence-corrected chi connectivity index (χ0v) is 15.8. The Kier molecular flexibility index (Phi) is 5.42. The Bertz CT molecular complexity index is 871. The normalized spacial score (nSPS) is 16.8. The molecule has 2 aromatic heterocycles. The molecule has 0 aliphatic heterocycles. The van der Waals surface area contributed by atoms with Crippen LogP contribution >= 0.6 is 11.8 Å². The summed E-state index contributed by atoms with van der Waals surface area (Å²) in [5.74, 6) is 0.465. The molecule has 0 saturated carbocycles. The summed E-state index contributed by atoms with van der Waals surface area (Å²) < 4.78 is 4.98. The van der Waals surface area contributed by atoms with Crippen molar-refractivity contribution in [1.29, 1.82) is 5.26 Å². The van der Waals surface area contributed by atoms with Crippen molar-refractivity contribution in [3.8, 4) is 6.07 Å². The van der Waals surface area contributed by atoms with E-state index >= 15 is 0 Å². The van der Waals surface area contributed by atoms with Gasteiger partial charge in [-0.25, -0.2) is 9.98 Å². The van der Waals surface area contributed by atoms with Gasteiger partial charge < -0.3 is 5.11 Å². The van der Waals surface area contributed by atoms with Crippen molar-refractivity contribution < 1.29 is 14.4 Å². The lowest BCUT2D eigenvalue weighted by molar-refractivity contribution is -0.753. The summed E-state index contributed by atoms with van der Waals surface area (Å²) in [6.07, 6.45) is 4.48. The quantitative estimate of drug-likeness (QED) is 0.330. The molecular formula is C17H20N6O2S. The third kappa shape index (κ3) is 4.14. The molecule has 0 saturated heterocycles. The molecule has 3 rings (SSSR count). The van der Waals surface area contributed by atoms with Crippen molar-refractivity contribution in [2.24, 2.45) is 10.9 Å². The number of hydrogen-bond acceptors (Lipinski definition) is 8. The highest BCUT2D eigenvalue weighted by atomic mass is 32.2. The van der Waals surface area contributed by atoms with Gasteiger partial charge in [0, 0.05) is 11.4 Å². The second kappa shape index (κ2) is 7.74. The molecule has 26 heavy (non-hydrogen) atoms. The number of pyridine rings is 1. The Morgan fingerprint density at radius 2 is 2.38 bits per heavy atom. The summed E-state index contributed by atoms with van der Waals surface area (Å²) in [6.45, 7) is 2.21. The molecule has 0 aromatic carbocycles. The molecule has 1 unspecified atom stereocenters. The fourth-order valence-corrected chi connectivity index (χ4v) is 3.53. The van der Waals surface area contributed by atoms with Crippen LogP contribution in [0.3, 0.4) is 0 Å². The van der Waals surface area contributed by atoms with Crippen molar-refractivity contribution in [2.45, 2.75) is 31.2 Å². The first-order valence-electron chi connectivity index (χ1n) is 8.32. The van der Waals surface area contributed by atoms with Gasteiger partial charge >= 0.3 is 5.88 Å². The van der Waals surface area contributed by atoms with Crippen molar-refractivity contribution in [2.75, 3.05) is 24.9 Å². The molecule has 1 aliphatic carbocycles. The predicted octanol–water partition coefficient (Wildman–Crippen LogP) is 0.734. The van der Waals surface area contributed by atoms with Gasteiger partial charge in [0.05, 0.1) is 24.4 Å². The van der Waals surface area contributed by atoms with Crippen molar-refractivity contribution >= 4 is 23.5 Å². The molecule has 2 aromatic rings. The van der Waals surface area contributed by atoms with Gasteiger partial charge in [-0.2, -0.15) is 10.3 Å². The highest BCUT2D eigenvalue weighted by Crippen LogP contribution is 2.29. The fourth-order valence-electron chi connectivity index (χ4n) is 2.77. The first kappa shape index (κ1) is 18.2. The largest absolute Gasteiger partial charge is 0.861 e. The molecular weight excluding hydrogens is 352 g/mol. The molecule has 0 spiro atoms. The van der Waals surface area contributed by atoms with Crippen molar-refractivity contribution in [3.63, 3.8) is 0 Å². The molecule has 8 nitrogen and oxygen atoms in total. The van der Waals surface area contributed by atoms with Crippen LogP contribution < -0.4 is 14.9 Å².